The number of nitrogens with zero attached hydrogens (tertiary/aromatic N) is 2. The van der Waals surface area contributed by atoms with Crippen molar-refractivity contribution in [2.75, 3.05) is 5.75 Å². The van der Waals surface area contributed by atoms with Gasteiger partial charge in [0.1, 0.15) is 10.6 Å². The summed E-state index contributed by atoms with van der Waals surface area (Å²) in [6.45, 7) is 4.88. The SMILES string of the molecule is CC(C)(C#N)S(=O)(C[C@](C)(N)c1cc(I)ccc1F)=NC1CC1. The molecule has 1 saturated carbocycles. The average molecular weight is 449 g/mol. The Balaban J connectivity index is 2.49. The van der Waals surface area contributed by atoms with Gasteiger partial charge in [0, 0.05) is 9.13 Å². The number of halogens is 2. The molecule has 0 amide bonds. The van der Waals surface area contributed by atoms with Crippen molar-refractivity contribution < 1.29 is 8.60 Å². The fourth-order valence-electron chi connectivity index (χ4n) is 2.26. The van der Waals surface area contributed by atoms with Gasteiger partial charge in [-0.1, -0.05) is 0 Å². The van der Waals surface area contributed by atoms with Gasteiger partial charge in [0.15, 0.2) is 0 Å². The van der Waals surface area contributed by atoms with Crippen molar-refractivity contribution in [3.63, 3.8) is 0 Å². The molecule has 0 spiro atoms. The van der Waals surface area contributed by atoms with E-state index in [-0.39, 0.29) is 11.8 Å². The summed E-state index contributed by atoms with van der Waals surface area (Å²) in [5.74, 6) is -0.480. The number of rotatable bonds is 5. The largest absolute Gasteiger partial charge is 0.321 e. The van der Waals surface area contributed by atoms with Crippen molar-refractivity contribution >= 4 is 32.3 Å². The van der Waals surface area contributed by atoms with Crippen LogP contribution in [-0.2, 0) is 15.3 Å². The van der Waals surface area contributed by atoms with Gasteiger partial charge in [-0.05, 0) is 74.4 Å². The zero-order valence-corrected chi connectivity index (χ0v) is 16.4. The minimum absolute atomic E-state index is 0.0340. The summed E-state index contributed by atoms with van der Waals surface area (Å²) in [4.78, 5) is 0. The highest BCUT2D eigenvalue weighted by Crippen LogP contribution is 2.34. The van der Waals surface area contributed by atoms with Crippen LogP contribution in [0.5, 0.6) is 0 Å². The zero-order chi connectivity index (χ0) is 17.5. The van der Waals surface area contributed by atoms with Crippen molar-refractivity contribution in [3.05, 3.63) is 33.1 Å². The van der Waals surface area contributed by atoms with Crippen LogP contribution in [0.2, 0.25) is 0 Å². The third-order valence-corrected chi connectivity index (χ3v) is 7.96. The predicted octanol–water partition coefficient (Wildman–Crippen LogP) is 3.54. The fraction of sp³-hybridized carbons (Fsp3) is 0.562. The molecule has 2 atom stereocenters. The van der Waals surface area contributed by atoms with Gasteiger partial charge in [0.05, 0.1) is 33.1 Å². The number of benzene rings is 1. The maximum atomic E-state index is 14.2. The van der Waals surface area contributed by atoms with Crippen molar-refractivity contribution in [2.24, 2.45) is 10.1 Å². The Morgan fingerprint density at radius 2 is 2.09 bits per heavy atom. The summed E-state index contributed by atoms with van der Waals surface area (Å²) in [7, 11) is -2.92. The third kappa shape index (κ3) is 4.03. The fourth-order valence-corrected chi connectivity index (χ4v) is 5.25. The molecular weight excluding hydrogens is 428 g/mol. The molecule has 1 aromatic rings. The van der Waals surface area contributed by atoms with Crippen LogP contribution >= 0.6 is 22.6 Å². The zero-order valence-electron chi connectivity index (χ0n) is 13.5. The van der Waals surface area contributed by atoms with Gasteiger partial charge in [-0.15, -0.1) is 0 Å². The monoisotopic (exact) mass is 449 g/mol. The lowest BCUT2D eigenvalue weighted by atomic mass is 9.95. The number of nitrogens with two attached hydrogens (primary N) is 1. The first-order valence-corrected chi connectivity index (χ1v) is 10.2. The van der Waals surface area contributed by atoms with E-state index in [1.54, 1.807) is 32.9 Å². The van der Waals surface area contributed by atoms with Crippen LogP contribution in [-0.4, -0.2) is 20.8 Å². The Morgan fingerprint density at radius 1 is 1.48 bits per heavy atom. The Bertz CT molecular complexity index is 772. The Kier molecular flexibility index (Phi) is 5.10. The summed E-state index contributed by atoms with van der Waals surface area (Å²) in [6.07, 6.45) is 1.77. The molecule has 0 aliphatic heterocycles. The second-order valence-corrected chi connectivity index (χ2v) is 10.8. The molecule has 126 valence electrons. The lowest BCUT2D eigenvalue weighted by molar-refractivity contribution is 0.499. The molecule has 1 unspecified atom stereocenters. The van der Waals surface area contributed by atoms with Gasteiger partial charge in [-0.2, -0.15) is 5.26 Å². The molecule has 4 nitrogen and oxygen atoms in total. The number of hydrogen-bond donors (Lipinski definition) is 1. The van der Waals surface area contributed by atoms with E-state index in [1.165, 1.54) is 6.07 Å². The van der Waals surface area contributed by atoms with Gasteiger partial charge in [0.2, 0.25) is 0 Å². The van der Waals surface area contributed by atoms with Crippen LogP contribution in [0, 0.1) is 20.7 Å². The normalized spacial score (nSPS) is 20.2. The molecule has 0 saturated heterocycles. The first-order valence-electron chi connectivity index (χ1n) is 7.40. The van der Waals surface area contributed by atoms with E-state index in [1.807, 2.05) is 0 Å². The van der Waals surface area contributed by atoms with E-state index in [2.05, 4.69) is 33.0 Å². The van der Waals surface area contributed by atoms with Gasteiger partial charge < -0.3 is 5.73 Å². The molecular formula is C16H21FIN3OS. The quantitative estimate of drug-likeness (QED) is 0.699. The van der Waals surface area contributed by atoms with Crippen molar-refractivity contribution in [1.82, 2.24) is 0 Å². The molecule has 7 heteroatoms. The first-order chi connectivity index (χ1) is 10.5. The Labute approximate surface area is 151 Å². The van der Waals surface area contributed by atoms with Crippen LogP contribution in [0.25, 0.3) is 0 Å². The topological polar surface area (TPSA) is 79.2 Å². The summed E-state index contributed by atoms with van der Waals surface area (Å²) in [6, 6.07) is 6.80. The van der Waals surface area contributed by atoms with E-state index in [0.717, 1.165) is 16.4 Å². The van der Waals surface area contributed by atoms with Crippen LogP contribution < -0.4 is 5.73 Å². The molecule has 0 heterocycles. The lowest BCUT2D eigenvalue weighted by Gasteiger charge is -2.31. The Hall–Kier alpha value is -0.720. The van der Waals surface area contributed by atoms with Gasteiger partial charge >= 0.3 is 0 Å². The molecule has 2 rings (SSSR count). The van der Waals surface area contributed by atoms with E-state index < -0.39 is 25.8 Å². The maximum absolute atomic E-state index is 14.2. The summed E-state index contributed by atoms with van der Waals surface area (Å²) in [5, 5.41) is 9.42. The highest BCUT2D eigenvalue weighted by Gasteiger charge is 2.41. The second kappa shape index (κ2) is 6.30. The minimum Gasteiger partial charge on any atom is -0.321 e. The average Bonchev–Trinajstić information content (AvgIpc) is 3.24. The van der Waals surface area contributed by atoms with E-state index in [9.17, 15) is 13.9 Å². The van der Waals surface area contributed by atoms with Crippen LogP contribution in [0.15, 0.2) is 22.6 Å². The maximum Gasteiger partial charge on any atom is 0.135 e. The molecule has 1 fully saturated rings. The molecule has 1 aliphatic rings. The molecule has 0 radical (unpaired) electrons. The molecule has 1 aliphatic carbocycles. The molecule has 0 bridgehead atoms. The molecule has 0 aromatic heterocycles. The number of hydrogen-bond acceptors (Lipinski definition) is 4. The smallest absolute Gasteiger partial charge is 0.135 e. The van der Waals surface area contributed by atoms with Gasteiger partial charge in [0.25, 0.3) is 0 Å². The number of nitriles is 1. The van der Waals surface area contributed by atoms with Gasteiger partial charge in [-0.3, -0.25) is 0 Å². The molecule has 1 aromatic carbocycles. The van der Waals surface area contributed by atoms with Crippen molar-refractivity contribution in [2.45, 2.75) is 49.9 Å². The summed E-state index contributed by atoms with van der Waals surface area (Å²) < 4.78 is 31.8. The van der Waals surface area contributed by atoms with Crippen molar-refractivity contribution in [3.8, 4) is 6.07 Å². The van der Waals surface area contributed by atoms with Crippen LogP contribution in [0.4, 0.5) is 4.39 Å². The van der Waals surface area contributed by atoms with Crippen LogP contribution in [0.3, 0.4) is 0 Å². The standard InChI is InChI=1S/C16H21FIN3OS/c1-15(2,9-19)23(22,21-12-5-6-12)10-16(3,20)13-8-11(18)4-7-14(13)17/h4,7-8,12H,5-6,10,20H2,1-3H3/t16-,23?/m0/s1. The van der Waals surface area contributed by atoms with Crippen molar-refractivity contribution in [1.29, 1.82) is 5.26 Å². The van der Waals surface area contributed by atoms with E-state index in [0.29, 0.717) is 5.56 Å². The highest BCUT2D eigenvalue weighted by atomic mass is 127. The second-order valence-electron chi connectivity index (χ2n) is 6.79. The summed E-state index contributed by atoms with van der Waals surface area (Å²) >= 11 is 2.08. The molecule has 23 heavy (non-hydrogen) atoms. The van der Waals surface area contributed by atoms with Gasteiger partial charge in [-0.25, -0.2) is 13.0 Å². The highest BCUT2D eigenvalue weighted by molar-refractivity contribution is 14.1. The van der Waals surface area contributed by atoms with Crippen LogP contribution in [0.1, 0.15) is 39.2 Å². The first kappa shape index (κ1) is 18.6. The third-order valence-electron chi connectivity index (χ3n) is 3.97. The molecule has 2 N–H and O–H groups in total. The van der Waals surface area contributed by atoms with E-state index >= 15 is 0 Å². The van der Waals surface area contributed by atoms with E-state index in [4.69, 9.17) is 5.73 Å². The predicted molar refractivity (Wildman–Crippen MR) is 98.8 cm³/mol. The Morgan fingerprint density at radius 3 is 2.61 bits per heavy atom. The summed E-state index contributed by atoms with van der Waals surface area (Å²) in [5.41, 5.74) is 5.48. The minimum atomic E-state index is -2.92. The lowest BCUT2D eigenvalue weighted by Crippen LogP contribution is -2.46.